The van der Waals surface area contributed by atoms with Crippen molar-refractivity contribution in [1.82, 2.24) is 0 Å². The van der Waals surface area contributed by atoms with Crippen molar-refractivity contribution in [1.29, 1.82) is 0 Å². The van der Waals surface area contributed by atoms with Crippen LogP contribution in [0, 0.1) is 5.92 Å². The van der Waals surface area contributed by atoms with Crippen molar-refractivity contribution >= 4 is 9.84 Å². The molecule has 0 amide bonds. The molecule has 21 heavy (non-hydrogen) atoms. The van der Waals surface area contributed by atoms with Gasteiger partial charge in [0.15, 0.2) is 0 Å². The van der Waals surface area contributed by atoms with Crippen LogP contribution >= 0.6 is 0 Å². The third-order valence-corrected chi connectivity index (χ3v) is 5.86. The molecule has 0 aromatic heterocycles. The molecule has 2 rings (SSSR count). The number of halogens is 2. The van der Waals surface area contributed by atoms with Crippen molar-refractivity contribution in [3.63, 3.8) is 0 Å². The molecular weight excluding hydrogens is 298 g/mol. The molecule has 1 aromatic carbocycles. The standard InChI is InChI=1S/C15H20F2O3S/c1-21(19,20)13-7-3-5-11(9-13)14(18)10-4-2-6-12(8-10)15(16)17/h2,4,6,8,11,13-15,18H,3,5,7,9H2,1H3. The first-order valence-corrected chi connectivity index (χ1v) is 8.99. The Labute approximate surface area is 123 Å². The fraction of sp³-hybridized carbons (Fsp3) is 0.600. The lowest BCUT2D eigenvalue weighted by atomic mass is 9.82. The Morgan fingerprint density at radius 2 is 1.90 bits per heavy atom. The summed E-state index contributed by atoms with van der Waals surface area (Å²) in [5.74, 6) is -0.202. The van der Waals surface area contributed by atoms with E-state index in [9.17, 15) is 22.3 Å². The molecule has 0 bridgehead atoms. The number of benzene rings is 1. The summed E-state index contributed by atoms with van der Waals surface area (Å²) in [5.41, 5.74) is 0.314. The molecule has 3 unspecified atom stereocenters. The highest BCUT2D eigenvalue weighted by atomic mass is 32.2. The molecule has 3 atom stereocenters. The minimum absolute atomic E-state index is 0.123. The SMILES string of the molecule is CS(=O)(=O)C1CCCC(C(O)c2cccc(C(F)F)c2)C1. The van der Waals surface area contributed by atoms with E-state index < -0.39 is 27.6 Å². The summed E-state index contributed by atoms with van der Waals surface area (Å²) in [6, 6.07) is 5.73. The van der Waals surface area contributed by atoms with Crippen molar-refractivity contribution < 1.29 is 22.3 Å². The summed E-state index contributed by atoms with van der Waals surface area (Å²) >= 11 is 0. The maximum absolute atomic E-state index is 12.7. The summed E-state index contributed by atoms with van der Waals surface area (Å²) in [6.07, 6.45) is 0.183. The van der Waals surface area contributed by atoms with Gasteiger partial charge in [-0.3, -0.25) is 0 Å². The smallest absolute Gasteiger partial charge is 0.263 e. The summed E-state index contributed by atoms with van der Waals surface area (Å²) in [5, 5.41) is 9.95. The molecule has 3 nitrogen and oxygen atoms in total. The Balaban J connectivity index is 2.16. The molecule has 1 saturated carbocycles. The topological polar surface area (TPSA) is 54.4 Å². The van der Waals surface area contributed by atoms with E-state index >= 15 is 0 Å². The maximum Gasteiger partial charge on any atom is 0.263 e. The monoisotopic (exact) mass is 318 g/mol. The largest absolute Gasteiger partial charge is 0.388 e. The van der Waals surface area contributed by atoms with Crippen LogP contribution in [0.15, 0.2) is 24.3 Å². The second-order valence-electron chi connectivity index (χ2n) is 5.79. The maximum atomic E-state index is 12.7. The molecule has 1 aliphatic rings. The van der Waals surface area contributed by atoms with Gasteiger partial charge in [0.05, 0.1) is 11.4 Å². The quantitative estimate of drug-likeness (QED) is 0.927. The van der Waals surface area contributed by atoms with Crippen LogP contribution in [0.4, 0.5) is 8.78 Å². The molecule has 0 radical (unpaired) electrons. The molecular formula is C15H20F2O3S. The molecule has 6 heteroatoms. The first kappa shape index (κ1) is 16.4. The minimum Gasteiger partial charge on any atom is -0.388 e. The summed E-state index contributed by atoms with van der Waals surface area (Å²) < 4.78 is 48.7. The molecule has 1 fully saturated rings. The van der Waals surface area contributed by atoms with Crippen molar-refractivity contribution in [3.8, 4) is 0 Å². The molecule has 118 valence electrons. The van der Waals surface area contributed by atoms with Gasteiger partial charge in [-0.05, 0) is 36.8 Å². The van der Waals surface area contributed by atoms with Gasteiger partial charge in [-0.15, -0.1) is 0 Å². The second kappa shape index (κ2) is 6.40. The van der Waals surface area contributed by atoms with Crippen LogP contribution in [-0.2, 0) is 9.84 Å². The Morgan fingerprint density at radius 1 is 1.24 bits per heavy atom. The highest BCUT2D eigenvalue weighted by Gasteiger charge is 2.33. The van der Waals surface area contributed by atoms with E-state index in [0.29, 0.717) is 24.8 Å². The molecule has 0 aliphatic heterocycles. The number of rotatable bonds is 4. The van der Waals surface area contributed by atoms with Crippen molar-refractivity contribution in [2.45, 2.75) is 43.5 Å². The van der Waals surface area contributed by atoms with Gasteiger partial charge < -0.3 is 5.11 Å². The van der Waals surface area contributed by atoms with E-state index in [1.54, 1.807) is 6.07 Å². The molecule has 0 saturated heterocycles. The number of aliphatic hydroxyl groups is 1. The fourth-order valence-electron chi connectivity index (χ4n) is 3.01. The predicted octanol–water partition coefficient (Wildman–Crippen LogP) is 3.26. The lowest BCUT2D eigenvalue weighted by molar-refractivity contribution is 0.0851. The van der Waals surface area contributed by atoms with Gasteiger partial charge >= 0.3 is 0 Å². The minimum atomic E-state index is -3.13. The van der Waals surface area contributed by atoms with E-state index in [1.807, 2.05) is 0 Å². The Hall–Kier alpha value is -1.01. The number of alkyl halides is 2. The van der Waals surface area contributed by atoms with Crippen molar-refractivity contribution in [2.24, 2.45) is 5.92 Å². The Morgan fingerprint density at radius 3 is 2.52 bits per heavy atom. The van der Waals surface area contributed by atoms with Crippen molar-refractivity contribution in [2.75, 3.05) is 6.26 Å². The summed E-state index contributed by atoms with van der Waals surface area (Å²) in [6.45, 7) is 0. The van der Waals surface area contributed by atoms with Crippen LogP contribution in [0.3, 0.4) is 0 Å². The van der Waals surface area contributed by atoms with Crippen LogP contribution in [0.5, 0.6) is 0 Å². The van der Waals surface area contributed by atoms with Crippen LogP contribution in [0.2, 0.25) is 0 Å². The summed E-state index contributed by atoms with van der Waals surface area (Å²) in [7, 11) is -3.13. The van der Waals surface area contributed by atoms with Gasteiger partial charge in [0.25, 0.3) is 6.43 Å². The normalized spacial score (nSPS) is 25.0. The molecule has 1 N–H and O–H groups in total. The Kier molecular flexibility index (Phi) is 4.99. The van der Waals surface area contributed by atoms with Gasteiger partial charge in [-0.1, -0.05) is 24.6 Å². The third-order valence-electron chi connectivity index (χ3n) is 4.22. The third kappa shape index (κ3) is 4.01. The zero-order valence-corrected chi connectivity index (χ0v) is 12.7. The van der Waals surface area contributed by atoms with Gasteiger partial charge in [0.1, 0.15) is 9.84 Å². The summed E-state index contributed by atoms with van der Waals surface area (Å²) in [4.78, 5) is 0. The number of hydrogen-bond donors (Lipinski definition) is 1. The number of hydrogen-bond acceptors (Lipinski definition) is 3. The first-order valence-electron chi connectivity index (χ1n) is 7.04. The highest BCUT2D eigenvalue weighted by molar-refractivity contribution is 7.91. The first-order chi connectivity index (χ1) is 9.79. The van der Waals surface area contributed by atoms with Gasteiger partial charge in [-0.25, -0.2) is 17.2 Å². The van der Waals surface area contributed by atoms with Crippen LogP contribution in [0.25, 0.3) is 0 Å². The van der Waals surface area contributed by atoms with Gasteiger partial charge in [0.2, 0.25) is 0 Å². The highest BCUT2D eigenvalue weighted by Crippen LogP contribution is 2.37. The zero-order chi connectivity index (χ0) is 15.6. The molecule has 1 aromatic rings. The lowest BCUT2D eigenvalue weighted by Crippen LogP contribution is -2.30. The lowest BCUT2D eigenvalue weighted by Gasteiger charge is -2.31. The van der Waals surface area contributed by atoms with Crippen molar-refractivity contribution in [3.05, 3.63) is 35.4 Å². The molecule has 0 spiro atoms. The molecule has 0 heterocycles. The molecule has 1 aliphatic carbocycles. The average Bonchev–Trinajstić information content (AvgIpc) is 2.46. The van der Waals surface area contributed by atoms with Gasteiger partial charge in [0, 0.05) is 11.8 Å². The van der Waals surface area contributed by atoms with Crippen LogP contribution in [0.1, 0.15) is 49.3 Å². The van der Waals surface area contributed by atoms with E-state index in [4.69, 9.17) is 0 Å². The van der Waals surface area contributed by atoms with E-state index in [1.165, 1.54) is 24.5 Å². The zero-order valence-electron chi connectivity index (χ0n) is 11.9. The predicted molar refractivity (Wildman–Crippen MR) is 76.9 cm³/mol. The van der Waals surface area contributed by atoms with E-state index in [-0.39, 0.29) is 11.5 Å². The second-order valence-corrected chi connectivity index (χ2v) is 8.12. The van der Waals surface area contributed by atoms with E-state index in [0.717, 1.165) is 6.42 Å². The fourth-order valence-corrected chi connectivity index (χ4v) is 4.20. The number of aliphatic hydroxyl groups excluding tert-OH is 1. The van der Waals surface area contributed by atoms with E-state index in [2.05, 4.69) is 0 Å². The average molecular weight is 318 g/mol. The van der Waals surface area contributed by atoms with Crippen LogP contribution in [-0.4, -0.2) is 25.0 Å². The number of sulfone groups is 1. The van der Waals surface area contributed by atoms with Gasteiger partial charge in [-0.2, -0.15) is 0 Å². The van der Waals surface area contributed by atoms with Crippen LogP contribution < -0.4 is 0 Å². The Bertz CT molecular complexity index is 586.